The van der Waals surface area contributed by atoms with Gasteiger partial charge in [0.25, 0.3) is 0 Å². The number of rotatable bonds is 6. The third-order valence-corrected chi connectivity index (χ3v) is 4.67. The Hall–Kier alpha value is -1.78. The molecule has 0 saturated heterocycles. The van der Waals surface area contributed by atoms with Crippen molar-refractivity contribution in [2.45, 2.75) is 31.1 Å². The van der Waals surface area contributed by atoms with Crippen molar-refractivity contribution in [3.05, 3.63) is 60.2 Å². The van der Waals surface area contributed by atoms with Gasteiger partial charge < -0.3 is 9.67 Å². The van der Waals surface area contributed by atoms with Gasteiger partial charge in [0.2, 0.25) is 0 Å². The van der Waals surface area contributed by atoms with Gasteiger partial charge in [-0.25, -0.2) is 4.98 Å². The van der Waals surface area contributed by atoms with Crippen LogP contribution in [-0.2, 0) is 6.54 Å². The molecule has 1 atom stereocenters. The highest BCUT2D eigenvalue weighted by atomic mass is 32.2. The Balaban J connectivity index is 1.80. The maximum absolute atomic E-state index is 10.3. The highest BCUT2D eigenvalue weighted by molar-refractivity contribution is 7.99. The lowest BCUT2D eigenvalue weighted by molar-refractivity contribution is 0.204. The quantitative estimate of drug-likeness (QED) is 0.691. The average molecular weight is 312 g/mol. The molecule has 0 spiro atoms. The lowest BCUT2D eigenvalue weighted by Gasteiger charge is -2.11. The molecule has 0 amide bonds. The van der Waals surface area contributed by atoms with Gasteiger partial charge in [0.05, 0.1) is 17.1 Å². The molecule has 2 aromatic carbocycles. The highest BCUT2D eigenvalue weighted by Crippen LogP contribution is 2.28. The normalized spacial score (nSPS) is 12.6. The number of para-hydroxylation sites is 2. The maximum Gasteiger partial charge on any atom is 0.169 e. The number of thioether (sulfide) groups is 1. The van der Waals surface area contributed by atoms with E-state index in [9.17, 15) is 5.11 Å². The molecule has 0 aliphatic rings. The summed E-state index contributed by atoms with van der Waals surface area (Å²) in [4.78, 5) is 4.71. The van der Waals surface area contributed by atoms with Crippen molar-refractivity contribution in [2.24, 2.45) is 0 Å². The Bertz CT molecular complexity index is 739. The number of aliphatic hydroxyl groups excluding tert-OH is 1. The number of imidazole rings is 1. The second kappa shape index (κ2) is 6.99. The number of aromatic nitrogens is 2. The second-order valence-electron chi connectivity index (χ2n) is 5.27. The van der Waals surface area contributed by atoms with Crippen molar-refractivity contribution >= 4 is 22.8 Å². The lowest BCUT2D eigenvalue weighted by Crippen LogP contribution is -2.03. The third-order valence-electron chi connectivity index (χ3n) is 3.62. The number of aliphatic hydroxyl groups is 1. The number of hydrogen-bond acceptors (Lipinski definition) is 3. The Kier molecular flexibility index (Phi) is 4.80. The van der Waals surface area contributed by atoms with Crippen molar-refractivity contribution < 1.29 is 5.11 Å². The monoisotopic (exact) mass is 312 g/mol. The first-order valence-corrected chi connectivity index (χ1v) is 8.59. The molecule has 3 aromatic rings. The van der Waals surface area contributed by atoms with Gasteiger partial charge in [-0.3, -0.25) is 0 Å². The first kappa shape index (κ1) is 15.1. The molecule has 0 fully saturated rings. The summed E-state index contributed by atoms with van der Waals surface area (Å²) in [5, 5.41) is 11.3. The predicted molar refractivity (Wildman–Crippen MR) is 92.1 cm³/mol. The van der Waals surface area contributed by atoms with E-state index in [1.165, 1.54) is 5.52 Å². The van der Waals surface area contributed by atoms with E-state index in [-0.39, 0.29) is 0 Å². The fourth-order valence-electron chi connectivity index (χ4n) is 2.53. The zero-order valence-electron chi connectivity index (χ0n) is 12.6. The molecule has 1 heterocycles. The summed E-state index contributed by atoms with van der Waals surface area (Å²) in [5.41, 5.74) is 3.14. The summed E-state index contributed by atoms with van der Waals surface area (Å²) in [7, 11) is 0. The number of hydrogen-bond donors (Lipinski definition) is 1. The summed E-state index contributed by atoms with van der Waals surface area (Å²) in [5.74, 6) is 0.608. The van der Waals surface area contributed by atoms with Crippen LogP contribution < -0.4 is 0 Å². The lowest BCUT2D eigenvalue weighted by atomic mass is 10.1. The van der Waals surface area contributed by atoms with Crippen LogP contribution >= 0.6 is 11.8 Å². The average Bonchev–Trinajstić information content (AvgIpc) is 2.92. The summed E-state index contributed by atoms with van der Waals surface area (Å²) in [6, 6.07) is 18.0. The molecular weight excluding hydrogens is 292 g/mol. The maximum atomic E-state index is 10.3. The van der Waals surface area contributed by atoms with Gasteiger partial charge in [0, 0.05) is 12.3 Å². The van der Waals surface area contributed by atoms with Crippen LogP contribution in [0.2, 0.25) is 0 Å². The zero-order valence-corrected chi connectivity index (χ0v) is 13.5. The van der Waals surface area contributed by atoms with E-state index >= 15 is 0 Å². The number of fused-ring (bicyclic) bond motifs is 1. The first-order valence-electron chi connectivity index (χ1n) is 7.60. The fraction of sp³-hybridized carbons (Fsp3) is 0.278. The SMILES string of the molecule is CCCn1c(SC[C@@H](O)c2ccccc2)nc2ccccc21. The summed E-state index contributed by atoms with van der Waals surface area (Å²) in [6.07, 6.45) is 0.593. The predicted octanol–water partition coefficient (Wildman–Crippen LogP) is 4.27. The van der Waals surface area contributed by atoms with Crippen LogP contribution in [0.1, 0.15) is 25.0 Å². The fourth-order valence-corrected chi connectivity index (χ4v) is 3.54. The van der Waals surface area contributed by atoms with Crippen LogP contribution in [0.3, 0.4) is 0 Å². The molecule has 0 aliphatic heterocycles. The molecule has 1 aromatic heterocycles. The summed E-state index contributed by atoms with van der Waals surface area (Å²) in [6.45, 7) is 3.12. The van der Waals surface area contributed by atoms with E-state index in [0.717, 1.165) is 29.2 Å². The van der Waals surface area contributed by atoms with Crippen LogP contribution in [0.15, 0.2) is 59.8 Å². The van der Waals surface area contributed by atoms with Crippen molar-refractivity contribution in [3.63, 3.8) is 0 Å². The van der Waals surface area contributed by atoms with Gasteiger partial charge in [-0.15, -0.1) is 0 Å². The van der Waals surface area contributed by atoms with E-state index < -0.39 is 6.10 Å². The third kappa shape index (κ3) is 3.18. The molecule has 1 N–H and O–H groups in total. The van der Waals surface area contributed by atoms with Crippen LogP contribution in [0.4, 0.5) is 0 Å². The minimum absolute atomic E-state index is 0.471. The standard InChI is InChI=1S/C18H20N2OS/c1-2-12-20-16-11-7-6-10-15(16)19-18(20)22-13-17(21)14-8-4-3-5-9-14/h3-11,17,21H,2,12-13H2,1H3/t17-/m1/s1. The molecule has 0 bridgehead atoms. The molecule has 0 saturated carbocycles. The van der Waals surface area contributed by atoms with Crippen LogP contribution in [0.5, 0.6) is 0 Å². The van der Waals surface area contributed by atoms with E-state index in [0.29, 0.717) is 5.75 Å². The minimum Gasteiger partial charge on any atom is -0.388 e. The van der Waals surface area contributed by atoms with E-state index in [1.54, 1.807) is 11.8 Å². The van der Waals surface area contributed by atoms with E-state index in [4.69, 9.17) is 4.98 Å². The van der Waals surface area contributed by atoms with Crippen molar-refractivity contribution in [1.82, 2.24) is 9.55 Å². The Morgan fingerprint density at radius 2 is 1.82 bits per heavy atom. The Labute approximate surface area is 135 Å². The Morgan fingerprint density at radius 1 is 1.09 bits per heavy atom. The van der Waals surface area contributed by atoms with Gasteiger partial charge in [0.15, 0.2) is 5.16 Å². The number of benzene rings is 2. The molecule has 114 valence electrons. The highest BCUT2D eigenvalue weighted by Gasteiger charge is 2.13. The minimum atomic E-state index is -0.471. The van der Waals surface area contributed by atoms with Gasteiger partial charge in [0.1, 0.15) is 0 Å². The zero-order chi connectivity index (χ0) is 15.4. The summed E-state index contributed by atoms with van der Waals surface area (Å²) >= 11 is 1.62. The van der Waals surface area contributed by atoms with Crippen molar-refractivity contribution in [1.29, 1.82) is 0 Å². The molecular formula is C18H20N2OS. The van der Waals surface area contributed by atoms with Crippen molar-refractivity contribution in [2.75, 3.05) is 5.75 Å². The van der Waals surface area contributed by atoms with Gasteiger partial charge in [-0.1, -0.05) is 61.2 Å². The van der Waals surface area contributed by atoms with Gasteiger partial charge in [-0.2, -0.15) is 0 Å². The second-order valence-corrected chi connectivity index (χ2v) is 6.26. The molecule has 0 radical (unpaired) electrons. The molecule has 4 heteroatoms. The van der Waals surface area contributed by atoms with Gasteiger partial charge in [-0.05, 0) is 24.1 Å². The van der Waals surface area contributed by atoms with Gasteiger partial charge >= 0.3 is 0 Å². The first-order chi connectivity index (χ1) is 10.8. The Morgan fingerprint density at radius 3 is 2.59 bits per heavy atom. The molecule has 3 nitrogen and oxygen atoms in total. The van der Waals surface area contributed by atoms with Crippen LogP contribution in [0.25, 0.3) is 11.0 Å². The smallest absolute Gasteiger partial charge is 0.169 e. The van der Waals surface area contributed by atoms with E-state index in [2.05, 4.69) is 17.6 Å². The van der Waals surface area contributed by atoms with E-state index in [1.807, 2.05) is 48.5 Å². The topological polar surface area (TPSA) is 38.0 Å². The molecule has 22 heavy (non-hydrogen) atoms. The van der Waals surface area contributed by atoms with Crippen LogP contribution in [0, 0.1) is 0 Å². The van der Waals surface area contributed by atoms with Crippen molar-refractivity contribution in [3.8, 4) is 0 Å². The largest absolute Gasteiger partial charge is 0.388 e. The summed E-state index contributed by atoms with van der Waals surface area (Å²) < 4.78 is 2.25. The molecule has 0 aliphatic carbocycles. The molecule has 0 unspecified atom stereocenters. The number of aryl methyl sites for hydroxylation is 1. The molecule has 3 rings (SSSR count). The van der Waals surface area contributed by atoms with Crippen LogP contribution in [-0.4, -0.2) is 20.4 Å². The number of nitrogens with zero attached hydrogens (tertiary/aromatic N) is 2.